The molecule has 1 fully saturated rings. The van der Waals surface area contributed by atoms with Gasteiger partial charge in [0.25, 0.3) is 0 Å². The van der Waals surface area contributed by atoms with Crippen LogP contribution in [0.4, 0.5) is 4.39 Å². The van der Waals surface area contributed by atoms with Gasteiger partial charge in [0.15, 0.2) is 9.84 Å². The number of amides is 1. The number of hydrogen-bond donors (Lipinski definition) is 2. The Hall–Kier alpha value is -1.22. The number of sulfone groups is 1. The first kappa shape index (κ1) is 20.8. The maximum atomic E-state index is 13.9. The number of hydrogen-bond acceptors (Lipinski definition) is 5. The maximum Gasteiger partial charge on any atom is 0.240 e. The third-order valence-electron chi connectivity index (χ3n) is 3.81. The zero-order valence-corrected chi connectivity index (χ0v) is 15.3. The van der Waals surface area contributed by atoms with Crippen LogP contribution in [0, 0.1) is 5.82 Å². The molecular formula is C15H22ClFN2O4S. The van der Waals surface area contributed by atoms with Crippen LogP contribution < -0.4 is 10.6 Å². The zero-order chi connectivity index (χ0) is 17.2. The highest BCUT2D eigenvalue weighted by Crippen LogP contribution is 2.20. The van der Waals surface area contributed by atoms with E-state index in [0.717, 1.165) is 12.3 Å². The van der Waals surface area contributed by atoms with Gasteiger partial charge in [0.05, 0.1) is 18.8 Å². The Kier molecular flexibility index (Phi) is 7.15. The van der Waals surface area contributed by atoms with Crippen molar-refractivity contribution in [2.75, 3.05) is 19.4 Å². The largest absolute Gasteiger partial charge is 0.375 e. The second-order valence-corrected chi connectivity index (χ2v) is 7.68. The quantitative estimate of drug-likeness (QED) is 0.820. The molecule has 9 heteroatoms. The predicted octanol–water partition coefficient (Wildman–Crippen LogP) is 1.21. The zero-order valence-electron chi connectivity index (χ0n) is 13.7. The number of carbonyl (C=O) groups is 1. The first-order valence-corrected chi connectivity index (χ1v) is 9.24. The van der Waals surface area contributed by atoms with Gasteiger partial charge in [0.2, 0.25) is 5.91 Å². The average molecular weight is 381 g/mol. The molecular weight excluding hydrogens is 359 g/mol. The molecule has 136 valence electrons. The summed E-state index contributed by atoms with van der Waals surface area (Å²) in [5.41, 5.74) is 0.493. The highest BCUT2D eigenvalue weighted by Gasteiger charge is 2.29. The molecule has 24 heavy (non-hydrogen) atoms. The van der Waals surface area contributed by atoms with Crippen molar-refractivity contribution in [1.29, 1.82) is 0 Å². The molecule has 1 aliphatic rings. The number of ether oxygens (including phenoxy) is 1. The minimum atomic E-state index is -3.61. The van der Waals surface area contributed by atoms with Crippen molar-refractivity contribution in [3.63, 3.8) is 0 Å². The van der Waals surface area contributed by atoms with Crippen molar-refractivity contribution in [2.45, 2.75) is 36.9 Å². The maximum absolute atomic E-state index is 13.9. The fourth-order valence-electron chi connectivity index (χ4n) is 2.50. The van der Waals surface area contributed by atoms with Gasteiger partial charge in [0, 0.05) is 12.8 Å². The van der Waals surface area contributed by atoms with Crippen molar-refractivity contribution >= 4 is 28.2 Å². The second kappa shape index (κ2) is 8.24. The van der Waals surface area contributed by atoms with E-state index >= 15 is 0 Å². The van der Waals surface area contributed by atoms with E-state index in [1.807, 2.05) is 6.92 Å². The van der Waals surface area contributed by atoms with Crippen molar-refractivity contribution < 1.29 is 22.3 Å². The standard InChI is InChI=1S/C15H21FN2O4S.ClH/c1-9(18-15(19)14-10(2)22-7-6-17-14)11-4-5-13(12(16)8-11)23(3,20)21;/h4-5,8-10,14,17H,6-7H2,1-3H3,(H,18,19);1H/t9?,10-,14+;/m1./s1. The molecule has 0 saturated carbocycles. The first-order valence-electron chi connectivity index (χ1n) is 7.35. The van der Waals surface area contributed by atoms with Crippen LogP contribution in [0.2, 0.25) is 0 Å². The van der Waals surface area contributed by atoms with Crippen molar-refractivity contribution in [2.24, 2.45) is 0 Å². The van der Waals surface area contributed by atoms with Crippen molar-refractivity contribution in [3.8, 4) is 0 Å². The van der Waals surface area contributed by atoms with E-state index in [1.54, 1.807) is 6.92 Å². The molecule has 1 aromatic carbocycles. The Morgan fingerprint density at radius 3 is 2.67 bits per heavy atom. The Bertz CT molecular complexity index is 699. The molecule has 3 atom stereocenters. The molecule has 1 amide bonds. The summed E-state index contributed by atoms with van der Waals surface area (Å²) in [5, 5.41) is 5.86. The van der Waals surface area contributed by atoms with E-state index in [1.165, 1.54) is 12.1 Å². The Labute approximate surface area is 147 Å². The summed E-state index contributed by atoms with van der Waals surface area (Å²) in [5.74, 6) is -1.06. The molecule has 0 aromatic heterocycles. The Morgan fingerprint density at radius 2 is 2.12 bits per heavy atom. The molecule has 2 N–H and O–H groups in total. The van der Waals surface area contributed by atoms with Crippen LogP contribution in [-0.2, 0) is 19.4 Å². The Morgan fingerprint density at radius 1 is 1.46 bits per heavy atom. The first-order chi connectivity index (χ1) is 10.7. The van der Waals surface area contributed by atoms with Gasteiger partial charge in [-0.2, -0.15) is 0 Å². The summed E-state index contributed by atoms with van der Waals surface area (Å²) in [7, 11) is -3.61. The molecule has 2 rings (SSSR count). The second-order valence-electron chi connectivity index (χ2n) is 5.70. The van der Waals surface area contributed by atoms with Gasteiger partial charge in [-0.15, -0.1) is 12.4 Å². The number of nitrogens with one attached hydrogen (secondary N) is 2. The fourth-order valence-corrected chi connectivity index (χ4v) is 3.23. The lowest BCUT2D eigenvalue weighted by atomic mass is 10.1. The summed E-state index contributed by atoms with van der Waals surface area (Å²) in [6.45, 7) is 4.66. The number of halogens is 2. The highest BCUT2D eigenvalue weighted by atomic mass is 35.5. The van der Waals surface area contributed by atoms with Gasteiger partial charge in [-0.25, -0.2) is 12.8 Å². The summed E-state index contributed by atoms with van der Waals surface area (Å²) < 4.78 is 42.2. The molecule has 0 bridgehead atoms. The molecule has 6 nitrogen and oxygen atoms in total. The van der Waals surface area contributed by atoms with E-state index in [4.69, 9.17) is 4.74 Å². The normalized spacial score (nSPS) is 22.3. The molecule has 1 aromatic rings. The molecule has 1 aliphatic heterocycles. The van der Waals surface area contributed by atoms with Crippen LogP contribution in [0.1, 0.15) is 25.5 Å². The predicted molar refractivity (Wildman–Crippen MR) is 90.5 cm³/mol. The average Bonchev–Trinajstić information content (AvgIpc) is 2.46. The van der Waals surface area contributed by atoms with Gasteiger partial charge in [-0.1, -0.05) is 6.07 Å². The van der Waals surface area contributed by atoms with Crippen LogP contribution in [0.5, 0.6) is 0 Å². The number of morpholine rings is 1. The van der Waals surface area contributed by atoms with E-state index in [0.29, 0.717) is 18.7 Å². The van der Waals surface area contributed by atoms with Crippen LogP contribution >= 0.6 is 12.4 Å². The minimum absolute atomic E-state index is 0. The van der Waals surface area contributed by atoms with Crippen molar-refractivity contribution in [1.82, 2.24) is 10.6 Å². The lowest BCUT2D eigenvalue weighted by molar-refractivity contribution is -0.129. The Balaban J connectivity index is 0.00000288. The van der Waals surface area contributed by atoms with Crippen LogP contribution in [-0.4, -0.2) is 45.9 Å². The smallest absolute Gasteiger partial charge is 0.240 e. The van der Waals surface area contributed by atoms with E-state index in [9.17, 15) is 17.6 Å². The third-order valence-corrected chi connectivity index (χ3v) is 4.94. The van der Waals surface area contributed by atoms with Gasteiger partial charge >= 0.3 is 0 Å². The number of rotatable bonds is 4. The molecule has 0 spiro atoms. The third kappa shape index (κ3) is 4.89. The minimum Gasteiger partial charge on any atom is -0.375 e. The summed E-state index contributed by atoms with van der Waals surface area (Å²) >= 11 is 0. The van der Waals surface area contributed by atoms with Crippen LogP contribution in [0.25, 0.3) is 0 Å². The molecule has 0 radical (unpaired) electrons. The van der Waals surface area contributed by atoms with E-state index in [2.05, 4.69) is 10.6 Å². The number of benzene rings is 1. The summed E-state index contributed by atoms with van der Waals surface area (Å²) in [4.78, 5) is 11.9. The summed E-state index contributed by atoms with van der Waals surface area (Å²) in [6, 6.07) is 2.93. The van der Waals surface area contributed by atoms with E-state index < -0.39 is 27.7 Å². The van der Waals surface area contributed by atoms with Crippen LogP contribution in [0.3, 0.4) is 0 Å². The lowest BCUT2D eigenvalue weighted by Crippen LogP contribution is -2.55. The SMILES string of the molecule is CC(NC(=O)[C@H]1NCCO[C@@H]1C)c1ccc(S(C)(=O)=O)c(F)c1.Cl. The van der Waals surface area contributed by atoms with Gasteiger partial charge < -0.3 is 15.4 Å². The van der Waals surface area contributed by atoms with E-state index in [-0.39, 0.29) is 29.3 Å². The molecule has 1 heterocycles. The fraction of sp³-hybridized carbons (Fsp3) is 0.533. The van der Waals surface area contributed by atoms with Gasteiger partial charge in [-0.05, 0) is 31.5 Å². The highest BCUT2D eigenvalue weighted by molar-refractivity contribution is 7.90. The molecule has 1 unspecified atom stereocenters. The van der Waals surface area contributed by atoms with Crippen molar-refractivity contribution in [3.05, 3.63) is 29.6 Å². The number of carbonyl (C=O) groups excluding carboxylic acids is 1. The lowest BCUT2D eigenvalue weighted by Gasteiger charge is -2.30. The van der Waals surface area contributed by atoms with Gasteiger partial charge in [0.1, 0.15) is 16.8 Å². The van der Waals surface area contributed by atoms with Gasteiger partial charge in [-0.3, -0.25) is 4.79 Å². The topological polar surface area (TPSA) is 84.5 Å². The van der Waals surface area contributed by atoms with Crippen LogP contribution in [0.15, 0.2) is 23.1 Å². The monoisotopic (exact) mass is 380 g/mol. The molecule has 1 saturated heterocycles. The molecule has 0 aliphatic carbocycles. The summed E-state index contributed by atoms with van der Waals surface area (Å²) in [6.07, 6.45) is 0.701.